The zero-order chi connectivity index (χ0) is 17.8. The van der Waals surface area contributed by atoms with Crippen molar-refractivity contribution in [1.29, 1.82) is 0 Å². The first-order valence-corrected chi connectivity index (χ1v) is 10.1. The van der Waals surface area contributed by atoms with Crippen LogP contribution in [0.3, 0.4) is 0 Å². The van der Waals surface area contributed by atoms with E-state index in [1.54, 1.807) is 11.8 Å². The molecule has 2 heterocycles. The molecule has 1 aromatic carbocycles. The first kappa shape index (κ1) is 18.2. The summed E-state index contributed by atoms with van der Waals surface area (Å²) in [6.45, 7) is 6.31. The van der Waals surface area contributed by atoms with E-state index >= 15 is 0 Å². The van der Waals surface area contributed by atoms with E-state index in [1.165, 1.54) is 17.2 Å². The van der Waals surface area contributed by atoms with Gasteiger partial charge in [-0.1, -0.05) is 27.9 Å². The average Bonchev–Trinajstić information content (AvgIpc) is 3.20. The summed E-state index contributed by atoms with van der Waals surface area (Å²) in [5.74, 6) is 1.47. The van der Waals surface area contributed by atoms with Crippen molar-refractivity contribution in [3.63, 3.8) is 0 Å². The second kappa shape index (κ2) is 8.16. The molecule has 9 heteroatoms. The molecule has 0 saturated carbocycles. The maximum Gasteiger partial charge on any atom is 0.191 e. The van der Waals surface area contributed by atoms with Gasteiger partial charge in [0, 0.05) is 48.7 Å². The molecule has 0 bridgehead atoms. The summed E-state index contributed by atoms with van der Waals surface area (Å²) >= 11 is 8.79. The predicted molar refractivity (Wildman–Crippen MR) is 104 cm³/mol. The van der Waals surface area contributed by atoms with Crippen LogP contribution in [0.4, 0.5) is 5.69 Å². The molecule has 0 atom stereocenters. The molecule has 0 amide bonds. The Morgan fingerprint density at radius 3 is 2.44 bits per heavy atom. The summed E-state index contributed by atoms with van der Waals surface area (Å²) in [6, 6.07) is 8.44. The van der Waals surface area contributed by atoms with E-state index in [4.69, 9.17) is 11.6 Å². The highest BCUT2D eigenvalue weighted by molar-refractivity contribution is 7.98. The van der Waals surface area contributed by atoms with Crippen LogP contribution in [0.25, 0.3) is 11.4 Å². The Labute approximate surface area is 160 Å². The van der Waals surface area contributed by atoms with Crippen molar-refractivity contribution in [3.8, 4) is 11.4 Å². The lowest BCUT2D eigenvalue weighted by Crippen LogP contribution is -2.21. The number of benzene rings is 1. The zero-order valence-electron chi connectivity index (χ0n) is 14.3. The molecule has 3 rings (SSSR count). The quantitative estimate of drug-likeness (QED) is 0.561. The third-order valence-electron chi connectivity index (χ3n) is 3.94. The van der Waals surface area contributed by atoms with E-state index in [0.29, 0.717) is 10.1 Å². The first-order valence-electron chi connectivity index (χ1n) is 7.98. The molecular formula is C16H19ClN6S2. The van der Waals surface area contributed by atoms with Gasteiger partial charge in [-0.2, -0.15) is 0 Å². The number of aromatic nitrogens is 5. The number of hydrogen-bond donors (Lipinski definition) is 0. The molecule has 0 aliphatic carbocycles. The normalized spacial score (nSPS) is 11.0. The van der Waals surface area contributed by atoms with Crippen molar-refractivity contribution in [3.05, 3.63) is 34.3 Å². The smallest absolute Gasteiger partial charge is 0.191 e. The molecule has 25 heavy (non-hydrogen) atoms. The Balaban J connectivity index is 1.75. The van der Waals surface area contributed by atoms with Gasteiger partial charge < -0.3 is 9.47 Å². The molecule has 0 N–H and O–H groups in total. The molecule has 6 nitrogen and oxygen atoms in total. The van der Waals surface area contributed by atoms with E-state index in [2.05, 4.69) is 62.8 Å². The summed E-state index contributed by atoms with van der Waals surface area (Å²) < 4.78 is 6.46. The predicted octanol–water partition coefficient (Wildman–Crippen LogP) is 4.13. The Morgan fingerprint density at radius 2 is 1.84 bits per heavy atom. The fourth-order valence-electron chi connectivity index (χ4n) is 2.52. The summed E-state index contributed by atoms with van der Waals surface area (Å²) in [5, 5.41) is 13.5. The lowest BCUT2D eigenvalue weighted by Gasteiger charge is -2.21. The highest BCUT2D eigenvalue weighted by Crippen LogP contribution is 2.28. The Morgan fingerprint density at radius 1 is 1.12 bits per heavy atom. The van der Waals surface area contributed by atoms with Crippen molar-refractivity contribution in [2.24, 2.45) is 7.05 Å². The van der Waals surface area contributed by atoms with E-state index in [9.17, 15) is 0 Å². The molecule has 0 spiro atoms. The Bertz CT molecular complexity index is 826. The maximum atomic E-state index is 6.04. The Kier molecular flexibility index (Phi) is 5.93. The molecule has 0 radical (unpaired) electrons. The molecule has 0 unspecified atom stereocenters. The lowest BCUT2D eigenvalue weighted by atomic mass is 10.2. The molecular weight excluding hydrogens is 376 g/mol. The summed E-state index contributed by atoms with van der Waals surface area (Å²) in [5.41, 5.74) is 3.05. The van der Waals surface area contributed by atoms with Crippen molar-refractivity contribution in [2.75, 3.05) is 18.0 Å². The van der Waals surface area contributed by atoms with Crippen molar-refractivity contribution in [2.45, 2.75) is 24.8 Å². The highest BCUT2D eigenvalue weighted by atomic mass is 35.5. The van der Waals surface area contributed by atoms with Crippen LogP contribution in [-0.2, 0) is 12.8 Å². The molecule has 0 aliphatic rings. The highest BCUT2D eigenvalue weighted by Gasteiger charge is 2.14. The molecule has 0 aliphatic heterocycles. The number of nitrogens with zero attached hydrogens (tertiary/aromatic N) is 6. The molecule has 2 aromatic heterocycles. The number of halogens is 1. The molecule has 0 fully saturated rings. The van der Waals surface area contributed by atoms with Gasteiger partial charge in [0.15, 0.2) is 11.0 Å². The summed E-state index contributed by atoms with van der Waals surface area (Å²) in [7, 11) is 1.97. The second-order valence-electron chi connectivity index (χ2n) is 5.37. The van der Waals surface area contributed by atoms with Crippen LogP contribution in [-0.4, -0.2) is 37.4 Å². The van der Waals surface area contributed by atoms with Crippen LogP contribution in [0.15, 0.2) is 29.4 Å². The van der Waals surface area contributed by atoms with E-state index < -0.39 is 0 Å². The minimum Gasteiger partial charge on any atom is -0.372 e. The maximum absolute atomic E-state index is 6.04. The van der Waals surface area contributed by atoms with Gasteiger partial charge in [-0.05, 0) is 38.1 Å². The van der Waals surface area contributed by atoms with Gasteiger partial charge in [-0.3, -0.25) is 0 Å². The van der Waals surface area contributed by atoms with Crippen LogP contribution < -0.4 is 4.90 Å². The topological polar surface area (TPSA) is 59.7 Å². The largest absolute Gasteiger partial charge is 0.372 e. The standard InChI is InChI=1S/C16H19ClN6S2/c1-4-23(5-2)12-8-6-11(7-9-12)15-19-20-16(22(15)3)24-10-13-14(17)25-21-18-13/h6-9H,4-5,10H2,1-3H3. The van der Waals surface area contributed by atoms with Gasteiger partial charge in [-0.25, -0.2) is 0 Å². The van der Waals surface area contributed by atoms with Gasteiger partial charge in [0.2, 0.25) is 0 Å². The third-order valence-corrected chi connectivity index (χ3v) is 5.95. The van der Waals surface area contributed by atoms with Crippen molar-refractivity contribution >= 4 is 40.6 Å². The van der Waals surface area contributed by atoms with Gasteiger partial charge >= 0.3 is 0 Å². The van der Waals surface area contributed by atoms with Crippen molar-refractivity contribution in [1.82, 2.24) is 24.4 Å². The molecule has 0 saturated heterocycles. The molecule has 3 aromatic rings. The van der Waals surface area contributed by atoms with Gasteiger partial charge in [0.1, 0.15) is 10.0 Å². The van der Waals surface area contributed by atoms with Gasteiger partial charge in [0.05, 0.1) is 0 Å². The lowest BCUT2D eigenvalue weighted by molar-refractivity contribution is 0.793. The SMILES string of the molecule is CCN(CC)c1ccc(-c2nnc(SCc3nnsc3Cl)n2C)cc1. The first-order chi connectivity index (χ1) is 12.1. The van der Waals surface area contributed by atoms with E-state index in [1.807, 2.05) is 11.6 Å². The average molecular weight is 395 g/mol. The second-order valence-corrected chi connectivity index (χ2v) is 7.67. The van der Waals surface area contributed by atoms with Crippen LogP contribution in [0.5, 0.6) is 0 Å². The van der Waals surface area contributed by atoms with Crippen molar-refractivity contribution < 1.29 is 0 Å². The van der Waals surface area contributed by atoms with Gasteiger partial charge in [-0.15, -0.1) is 15.3 Å². The minimum absolute atomic E-state index is 0.627. The van der Waals surface area contributed by atoms with Gasteiger partial charge in [0.25, 0.3) is 0 Å². The summed E-state index contributed by atoms with van der Waals surface area (Å²) in [6.07, 6.45) is 0. The fourth-order valence-corrected chi connectivity index (χ4v) is 4.16. The third kappa shape index (κ3) is 3.96. The monoisotopic (exact) mass is 394 g/mol. The number of anilines is 1. The van der Waals surface area contributed by atoms with Crippen LogP contribution in [0.2, 0.25) is 4.34 Å². The van der Waals surface area contributed by atoms with Crippen LogP contribution in [0.1, 0.15) is 19.5 Å². The van der Waals surface area contributed by atoms with Crippen LogP contribution >= 0.6 is 34.9 Å². The summed E-state index contributed by atoms with van der Waals surface area (Å²) in [4.78, 5) is 2.31. The fraction of sp³-hybridized carbons (Fsp3) is 0.375. The van der Waals surface area contributed by atoms with E-state index in [-0.39, 0.29) is 0 Å². The number of rotatable bonds is 7. The van der Waals surface area contributed by atoms with Crippen LogP contribution in [0, 0.1) is 0 Å². The van der Waals surface area contributed by atoms with E-state index in [0.717, 1.165) is 35.3 Å². The number of hydrogen-bond acceptors (Lipinski definition) is 7. The zero-order valence-corrected chi connectivity index (χ0v) is 16.7. The Hall–Kier alpha value is -1.64. The number of thioether (sulfide) groups is 1. The molecule has 132 valence electrons. The minimum atomic E-state index is 0.627.